The third-order valence-corrected chi connectivity index (χ3v) is 6.08. The zero-order valence-corrected chi connectivity index (χ0v) is 13.3. The van der Waals surface area contributed by atoms with Gasteiger partial charge in [-0.2, -0.15) is 0 Å². The Morgan fingerprint density at radius 2 is 1.71 bits per heavy atom. The van der Waals surface area contributed by atoms with Crippen LogP contribution in [0, 0.1) is 0 Å². The van der Waals surface area contributed by atoms with Gasteiger partial charge in [-0.25, -0.2) is 26.7 Å². The summed E-state index contributed by atoms with van der Waals surface area (Å²) >= 11 is 0. The Hall–Kier alpha value is -1.00. The predicted molar refractivity (Wildman–Crippen MR) is 78.6 cm³/mol. The molecule has 1 aliphatic heterocycles. The van der Waals surface area contributed by atoms with Crippen molar-refractivity contribution in [2.45, 2.75) is 35.1 Å². The van der Waals surface area contributed by atoms with E-state index in [1.165, 1.54) is 18.2 Å². The Morgan fingerprint density at radius 3 is 2.29 bits per heavy atom. The van der Waals surface area contributed by atoms with E-state index in [0.717, 1.165) is 19.2 Å². The highest BCUT2D eigenvalue weighted by Crippen LogP contribution is 2.22. The van der Waals surface area contributed by atoms with Crippen molar-refractivity contribution in [1.29, 1.82) is 0 Å². The lowest BCUT2D eigenvalue weighted by molar-refractivity contribution is 0.308. The van der Waals surface area contributed by atoms with Crippen LogP contribution in [0.3, 0.4) is 0 Å². The van der Waals surface area contributed by atoms with E-state index in [0.29, 0.717) is 12.8 Å². The maximum absolute atomic E-state index is 12.4. The molecule has 0 saturated carbocycles. The van der Waals surface area contributed by atoms with Crippen molar-refractivity contribution in [2.24, 2.45) is 5.14 Å². The molecule has 1 aromatic carbocycles. The fourth-order valence-electron chi connectivity index (χ4n) is 2.28. The summed E-state index contributed by atoms with van der Waals surface area (Å²) in [5, 5.41) is 8.19. The zero-order valence-electron chi connectivity index (χ0n) is 11.7. The van der Waals surface area contributed by atoms with Crippen molar-refractivity contribution in [3.05, 3.63) is 24.3 Å². The molecule has 21 heavy (non-hydrogen) atoms. The Labute approximate surface area is 125 Å². The summed E-state index contributed by atoms with van der Waals surface area (Å²) in [4.78, 5) is -0.324. The highest BCUT2D eigenvalue weighted by Gasteiger charge is 2.32. The monoisotopic (exact) mass is 333 g/mol. The van der Waals surface area contributed by atoms with Crippen molar-refractivity contribution < 1.29 is 16.8 Å². The summed E-state index contributed by atoms with van der Waals surface area (Å²) in [6.07, 6.45) is 1.34. The zero-order chi connectivity index (χ0) is 15.7. The number of rotatable bonds is 4. The Bertz CT molecular complexity index is 723. The molecule has 7 nitrogen and oxygen atoms in total. The third-order valence-electron chi connectivity index (χ3n) is 3.53. The van der Waals surface area contributed by atoms with E-state index in [1.54, 1.807) is 0 Å². The Balaban J connectivity index is 2.32. The minimum atomic E-state index is -3.94. The number of hydrogen-bond acceptors (Lipinski definition) is 5. The van der Waals surface area contributed by atoms with Crippen molar-refractivity contribution in [2.75, 3.05) is 13.1 Å². The van der Waals surface area contributed by atoms with Gasteiger partial charge in [0, 0.05) is 5.54 Å². The van der Waals surface area contributed by atoms with Gasteiger partial charge in [-0.05, 0) is 51.1 Å². The van der Waals surface area contributed by atoms with E-state index in [-0.39, 0.29) is 9.79 Å². The summed E-state index contributed by atoms with van der Waals surface area (Å²) in [6, 6.07) is 5.04. The first kappa shape index (κ1) is 16.4. The van der Waals surface area contributed by atoms with Crippen molar-refractivity contribution in [3.63, 3.8) is 0 Å². The molecular weight excluding hydrogens is 314 g/mol. The lowest BCUT2D eigenvalue weighted by Gasteiger charge is -2.34. The molecule has 1 aliphatic rings. The second-order valence-electron chi connectivity index (χ2n) is 5.44. The smallest absolute Gasteiger partial charge is 0.241 e. The Morgan fingerprint density at radius 1 is 1.14 bits per heavy atom. The molecule has 1 fully saturated rings. The number of sulfonamides is 2. The molecule has 4 N–H and O–H groups in total. The van der Waals surface area contributed by atoms with Crippen LogP contribution in [-0.4, -0.2) is 35.5 Å². The minimum absolute atomic E-state index is 0.103. The van der Waals surface area contributed by atoms with Crippen LogP contribution in [0.2, 0.25) is 0 Å². The summed E-state index contributed by atoms with van der Waals surface area (Å²) in [5.74, 6) is 0. The molecule has 0 spiro atoms. The van der Waals surface area contributed by atoms with Crippen molar-refractivity contribution >= 4 is 20.0 Å². The maximum atomic E-state index is 12.4. The highest BCUT2D eigenvalue weighted by molar-refractivity contribution is 7.90. The van der Waals surface area contributed by atoms with Gasteiger partial charge in [0.15, 0.2) is 0 Å². The SMILES string of the molecule is CC1(NS(=O)(=O)c2cccc(S(N)(=O)=O)c2)CCNCC1. The van der Waals surface area contributed by atoms with E-state index in [2.05, 4.69) is 10.0 Å². The predicted octanol–water partition coefficient (Wildman–Crippen LogP) is -0.246. The molecule has 0 atom stereocenters. The fourth-order valence-corrected chi connectivity index (χ4v) is 4.43. The first-order valence-corrected chi connectivity index (χ1v) is 9.53. The first-order chi connectivity index (χ1) is 9.62. The van der Waals surface area contributed by atoms with Crippen LogP contribution >= 0.6 is 0 Å². The molecule has 1 heterocycles. The van der Waals surface area contributed by atoms with Crippen LogP contribution in [0.1, 0.15) is 19.8 Å². The summed E-state index contributed by atoms with van der Waals surface area (Å²) in [5.41, 5.74) is -0.540. The number of nitrogens with two attached hydrogens (primary N) is 1. The van der Waals surface area contributed by atoms with E-state index >= 15 is 0 Å². The third kappa shape index (κ3) is 4.01. The van der Waals surface area contributed by atoms with Gasteiger partial charge < -0.3 is 5.32 Å². The van der Waals surface area contributed by atoms with E-state index in [9.17, 15) is 16.8 Å². The van der Waals surface area contributed by atoms with Crippen LogP contribution in [0.25, 0.3) is 0 Å². The molecule has 2 rings (SSSR count). The number of nitrogens with one attached hydrogen (secondary N) is 2. The molecule has 0 aromatic heterocycles. The number of hydrogen-bond donors (Lipinski definition) is 3. The lowest BCUT2D eigenvalue weighted by atomic mass is 9.92. The quantitative estimate of drug-likeness (QED) is 0.702. The van der Waals surface area contributed by atoms with E-state index in [1.807, 2.05) is 6.92 Å². The fraction of sp³-hybridized carbons (Fsp3) is 0.500. The molecule has 0 unspecified atom stereocenters. The number of piperidine rings is 1. The van der Waals surface area contributed by atoms with Crippen molar-refractivity contribution in [3.8, 4) is 0 Å². The molecule has 9 heteroatoms. The standard InChI is InChI=1S/C12H19N3O4S2/c1-12(5-7-14-8-6-12)15-21(18,19)11-4-2-3-10(9-11)20(13,16)17/h2-4,9,14-15H,5-8H2,1H3,(H2,13,16,17). The van der Waals surface area contributed by atoms with Gasteiger partial charge in [0.25, 0.3) is 0 Å². The molecule has 1 aromatic rings. The van der Waals surface area contributed by atoms with Crippen LogP contribution in [0.5, 0.6) is 0 Å². The largest absolute Gasteiger partial charge is 0.317 e. The lowest BCUT2D eigenvalue weighted by Crippen LogP contribution is -2.52. The van der Waals surface area contributed by atoms with Gasteiger partial charge in [0.05, 0.1) is 9.79 Å². The minimum Gasteiger partial charge on any atom is -0.317 e. The van der Waals surface area contributed by atoms with Gasteiger partial charge in [0.1, 0.15) is 0 Å². The average molecular weight is 333 g/mol. The molecule has 0 radical (unpaired) electrons. The molecule has 0 bridgehead atoms. The van der Waals surface area contributed by atoms with E-state index in [4.69, 9.17) is 5.14 Å². The Kier molecular flexibility index (Phi) is 4.41. The van der Waals surface area contributed by atoms with Crippen LogP contribution in [0.4, 0.5) is 0 Å². The topological polar surface area (TPSA) is 118 Å². The molecule has 1 saturated heterocycles. The number of benzene rings is 1. The molecular formula is C12H19N3O4S2. The first-order valence-electron chi connectivity index (χ1n) is 6.50. The van der Waals surface area contributed by atoms with Crippen LogP contribution in [0.15, 0.2) is 34.1 Å². The van der Waals surface area contributed by atoms with Gasteiger partial charge in [0.2, 0.25) is 20.0 Å². The maximum Gasteiger partial charge on any atom is 0.241 e. The highest BCUT2D eigenvalue weighted by atomic mass is 32.2. The van der Waals surface area contributed by atoms with E-state index < -0.39 is 25.6 Å². The molecule has 0 amide bonds. The van der Waals surface area contributed by atoms with Gasteiger partial charge in [-0.15, -0.1) is 0 Å². The van der Waals surface area contributed by atoms with Crippen LogP contribution in [-0.2, 0) is 20.0 Å². The van der Waals surface area contributed by atoms with Gasteiger partial charge in [-0.3, -0.25) is 0 Å². The normalized spacial score (nSPS) is 19.3. The average Bonchev–Trinajstić information content (AvgIpc) is 2.37. The second-order valence-corrected chi connectivity index (χ2v) is 8.68. The molecule has 0 aliphatic carbocycles. The summed E-state index contributed by atoms with van der Waals surface area (Å²) in [7, 11) is -7.74. The van der Waals surface area contributed by atoms with Gasteiger partial charge >= 0.3 is 0 Å². The second kappa shape index (κ2) is 5.65. The molecule has 118 valence electrons. The summed E-state index contributed by atoms with van der Waals surface area (Å²) in [6.45, 7) is 3.31. The van der Waals surface area contributed by atoms with Crippen molar-refractivity contribution in [1.82, 2.24) is 10.0 Å². The number of primary sulfonamides is 1. The summed E-state index contributed by atoms with van der Waals surface area (Å²) < 4.78 is 50.1. The van der Waals surface area contributed by atoms with Crippen LogP contribution < -0.4 is 15.2 Å². The van der Waals surface area contributed by atoms with Gasteiger partial charge in [-0.1, -0.05) is 6.07 Å².